The highest BCUT2D eigenvalue weighted by Crippen LogP contribution is 2.23. The Balaban J connectivity index is 2.18. The van der Waals surface area contributed by atoms with Crippen molar-refractivity contribution < 1.29 is 14.6 Å². The summed E-state index contributed by atoms with van der Waals surface area (Å²) in [7, 11) is 0. The molecule has 0 spiro atoms. The third-order valence-corrected chi connectivity index (χ3v) is 3.47. The molecule has 20 heavy (non-hydrogen) atoms. The number of nitrogens with one attached hydrogen (secondary N) is 1. The summed E-state index contributed by atoms with van der Waals surface area (Å²) in [4.78, 5) is 12.5. The lowest BCUT2D eigenvalue weighted by Gasteiger charge is -2.11. The molecule has 2 rings (SSSR count). The smallest absolute Gasteiger partial charge is 0.269 e. The van der Waals surface area contributed by atoms with Gasteiger partial charge in [0.1, 0.15) is 10.6 Å². The number of nitrogens with zero attached hydrogens (tertiary/aromatic N) is 2. The van der Waals surface area contributed by atoms with Crippen molar-refractivity contribution >= 4 is 23.1 Å². The Morgan fingerprint density at radius 2 is 2.30 bits per heavy atom. The fourth-order valence-corrected chi connectivity index (χ4v) is 2.26. The van der Waals surface area contributed by atoms with E-state index in [4.69, 9.17) is 4.74 Å². The molecule has 0 unspecified atom stereocenters. The van der Waals surface area contributed by atoms with Crippen LogP contribution in [0.5, 0.6) is 5.75 Å². The lowest BCUT2D eigenvalue weighted by molar-refractivity contribution is 0.102. The standard InChI is InChI=1S/C13H15N3O3S/c1-3-19-11-5-4-10(6-9(11)7-17)14-13(18)12-8(2)15-16-20-12/h4-6,17H,3,7H2,1-2H3,(H,14,18). The quantitative estimate of drug-likeness (QED) is 0.880. The van der Waals surface area contributed by atoms with Gasteiger partial charge in [-0.1, -0.05) is 4.49 Å². The normalized spacial score (nSPS) is 10.3. The van der Waals surface area contributed by atoms with Crippen LogP contribution in [-0.2, 0) is 6.61 Å². The third kappa shape index (κ3) is 3.12. The lowest BCUT2D eigenvalue weighted by atomic mass is 10.2. The van der Waals surface area contributed by atoms with Crippen molar-refractivity contribution in [3.05, 3.63) is 34.3 Å². The van der Waals surface area contributed by atoms with Gasteiger partial charge in [-0.15, -0.1) is 5.10 Å². The molecule has 2 aromatic rings. The average molecular weight is 293 g/mol. The first-order chi connectivity index (χ1) is 9.65. The third-order valence-electron chi connectivity index (χ3n) is 2.65. The number of aliphatic hydroxyl groups excluding tert-OH is 1. The molecular weight excluding hydrogens is 278 g/mol. The van der Waals surface area contributed by atoms with E-state index in [-0.39, 0.29) is 12.5 Å². The molecule has 1 aromatic heterocycles. The van der Waals surface area contributed by atoms with Gasteiger partial charge < -0.3 is 15.2 Å². The molecule has 0 radical (unpaired) electrons. The second kappa shape index (κ2) is 6.44. The number of hydrogen-bond donors (Lipinski definition) is 2. The van der Waals surface area contributed by atoms with E-state index in [0.717, 1.165) is 11.5 Å². The molecule has 0 atom stereocenters. The molecule has 0 saturated carbocycles. The maximum Gasteiger partial charge on any atom is 0.269 e. The van der Waals surface area contributed by atoms with Crippen molar-refractivity contribution in [3.8, 4) is 5.75 Å². The summed E-state index contributed by atoms with van der Waals surface area (Å²) in [6, 6.07) is 5.14. The molecule has 1 aromatic carbocycles. The monoisotopic (exact) mass is 293 g/mol. The van der Waals surface area contributed by atoms with E-state index < -0.39 is 0 Å². The van der Waals surface area contributed by atoms with Crippen molar-refractivity contribution in [1.82, 2.24) is 9.59 Å². The number of hydrogen-bond acceptors (Lipinski definition) is 6. The highest BCUT2D eigenvalue weighted by atomic mass is 32.1. The summed E-state index contributed by atoms with van der Waals surface area (Å²) in [6.07, 6.45) is 0. The van der Waals surface area contributed by atoms with Crippen LogP contribution >= 0.6 is 11.5 Å². The first kappa shape index (κ1) is 14.4. The fourth-order valence-electron chi connectivity index (χ4n) is 1.70. The van der Waals surface area contributed by atoms with Crippen molar-refractivity contribution in [3.63, 3.8) is 0 Å². The van der Waals surface area contributed by atoms with Crippen LogP contribution in [0, 0.1) is 6.92 Å². The van der Waals surface area contributed by atoms with Gasteiger partial charge in [-0.3, -0.25) is 4.79 Å². The van der Waals surface area contributed by atoms with E-state index in [1.807, 2.05) is 6.92 Å². The first-order valence-corrected chi connectivity index (χ1v) is 6.90. The number of aryl methyl sites for hydroxylation is 1. The number of carbonyl (C=O) groups is 1. The number of ether oxygens (including phenoxy) is 1. The maximum absolute atomic E-state index is 12.0. The van der Waals surface area contributed by atoms with Gasteiger partial charge in [0.2, 0.25) is 0 Å². The Labute approximate surface area is 120 Å². The van der Waals surface area contributed by atoms with E-state index in [1.54, 1.807) is 25.1 Å². The minimum absolute atomic E-state index is 0.153. The molecule has 7 heteroatoms. The Kier molecular flexibility index (Phi) is 4.65. The topological polar surface area (TPSA) is 84.3 Å². The Morgan fingerprint density at radius 3 is 2.90 bits per heavy atom. The van der Waals surface area contributed by atoms with Crippen LogP contribution in [0.1, 0.15) is 27.9 Å². The number of rotatable bonds is 5. The summed E-state index contributed by atoms with van der Waals surface area (Å²) < 4.78 is 9.12. The van der Waals surface area contributed by atoms with E-state index in [2.05, 4.69) is 14.9 Å². The number of aromatic nitrogens is 2. The lowest BCUT2D eigenvalue weighted by Crippen LogP contribution is -2.12. The minimum atomic E-state index is -0.259. The molecule has 0 aliphatic carbocycles. The molecule has 106 valence electrons. The second-order valence-corrected chi connectivity index (χ2v) is 4.81. The average Bonchev–Trinajstić information content (AvgIpc) is 2.87. The summed E-state index contributed by atoms with van der Waals surface area (Å²) in [5.41, 5.74) is 1.82. The molecule has 1 amide bonds. The number of carbonyl (C=O) groups excluding carboxylic acids is 1. The maximum atomic E-state index is 12.0. The number of anilines is 1. The van der Waals surface area contributed by atoms with E-state index >= 15 is 0 Å². The Morgan fingerprint density at radius 1 is 1.50 bits per heavy atom. The zero-order valence-electron chi connectivity index (χ0n) is 11.2. The number of amides is 1. The van der Waals surface area contributed by atoms with E-state index in [1.165, 1.54) is 0 Å². The van der Waals surface area contributed by atoms with Gasteiger partial charge in [0.25, 0.3) is 5.91 Å². The summed E-state index contributed by atoms with van der Waals surface area (Å²) in [5.74, 6) is 0.356. The van der Waals surface area contributed by atoms with Gasteiger partial charge in [0, 0.05) is 11.3 Å². The molecule has 0 saturated heterocycles. The Hall–Kier alpha value is -1.99. The predicted octanol–water partition coefficient (Wildman–Crippen LogP) is 1.99. The predicted molar refractivity (Wildman–Crippen MR) is 76.1 cm³/mol. The van der Waals surface area contributed by atoms with Gasteiger partial charge in [-0.25, -0.2) is 0 Å². The minimum Gasteiger partial charge on any atom is -0.494 e. The summed E-state index contributed by atoms with van der Waals surface area (Å²) >= 11 is 1.05. The molecular formula is C13H15N3O3S. The van der Waals surface area contributed by atoms with Crippen LogP contribution < -0.4 is 10.1 Å². The summed E-state index contributed by atoms with van der Waals surface area (Å²) in [6.45, 7) is 3.97. The Bertz CT molecular complexity index is 613. The van der Waals surface area contributed by atoms with Crippen LogP contribution in [0.25, 0.3) is 0 Å². The van der Waals surface area contributed by atoms with Gasteiger partial charge >= 0.3 is 0 Å². The number of benzene rings is 1. The fraction of sp³-hybridized carbons (Fsp3) is 0.308. The zero-order chi connectivity index (χ0) is 14.5. The van der Waals surface area contributed by atoms with Crippen molar-refractivity contribution in [2.45, 2.75) is 20.5 Å². The van der Waals surface area contributed by atoms with Crippen LogP contribution in [0.2, 0.25) is 0 Å². The van der Waals surface area contributed by atoms with Gasteiger partial charge in [0.05, 0.1) is 18.9 Å². The number of aliphatic hydroxyl groups is 1. The highest BCUT2D eigenvalue weighted by Gasteiger charge is 2.14. The highest BCUT2D eigenvalue weighted by molar-refractivity contribution is 7.08. The van der Waals surface area contributed by atoms with Gasteiger partial charge in [0.15, 0.2) is 0 Å². The molecule has 6 nitrogen and oxygen atoms in total. The van der Waals surface area contributed by atoms with Gasteiger partial charge in [-0.2, -0.15) is 0 Å². The molecule has 0 bridgehead atoms. The molecule has 0 fully saturated rings. The first-order valence-electron chi connectivity index (χ1n) is 6.12. The van der Waals surface area contributed by atoms with Crippen LogP contribution in [0.3, 0.4) is 0 Å². The largest absolute Gasteiger partial charge is 0.494 e. The second-order valence-electron chi connectivity index (χ2n) is 4.06. The van der Waals surface area contributed by atoms with Crippen LogP contribution in [-0.4, -0.2) is 27.2 Å². The SMILES string of the molecule is CCOc1ccc(NC(=O)c2snnc2C)cc1CO. The zero-order valence-corrected chi connectivity index (χ0v) is 12.0. The van der Waals surface area contributed by atoms with Gasteiger partial charge in [-0.05, 0) is 43.6 Å². The van der Waals surface area contributed by atoms with Crippen molar-refractivity contribution in [1.29, 1.82) is 0 Å². The van der Waals surface area contributed by atoms with Crippen molar-refractivity contribution in [2.24, 2.45) is 0 Å². The molecule has 2 N–H and O–H groups in total. The van der Waals surface area contributed by atoms with Crippen LogP contribution in [0.4, 0.5) is 5.69 Å². The van der Waals surface area contributed by atoms with E-state index in [0.29, 0.717) is 34.2 Å². The van der Waals surface area contributed by atoms with Crippen molar-refractivity contribution in [2.75, 3.05) is 11.9 Å². The molecule has 0 aliphatic rings. The summed E-state index contributed by atoms with van der Waals surface area (Å²) in [5, 5.41) is 15.9. The molecule has 1 heterocycles. The molecule has 0 aliphatic heterocycles. The van der Waals surface area contributed by atoms with Crippen LogP contribution in [0.15, 0.2) is 18.2 Å². The van der Waals surface area contributed by atoms with E-state index in [9.17, 15) is 9.90 Å².